The molecule has 1 aliphatic rings. The Bertz CT molecular complexity index is 1150. The highest BCUT2D eigenvalue weighted by Crippen LogP contribution is 2.33. The molecule has 0 spiro atoms. The Morgan fingerprint density at radius 3 is 2.43 bits per heavy atom. The first kappa shape index (κ1) is 24.8. The molecule has 1 saturated heterocycles. The zero-order valence-corrected chi connectivity index (χ0v) is 20.5. The number of halogens is 1. The van der Waals surface area contributed by atoms with Crippen LogP contribution < -0.4 is 14.2 Å². The second-order valence-electron chi connectivity index (χ2n) is 8.26. The SMILES string of the molecule is COc1nc(OCc2cccc(-c3ccccc3)c2Cl)nc(OC)c1CN1CCCCC1C(=O)O. The molecule has 1 atom stereocenters. The van der Waals surface area contributed by atoms with Crippen LogP contribution >= 0.6 is 11.6 Å². The normalized spacial score (nSPS) is 16.0. The molecule has 1 N–H and O–H groups in total. The summed E-state index contributed by atoms with van der Waals surface area (Å²) < 4.78 is 16.9. The number of nitrogens with zero attached hydrogens (tertiary/aromatic N) is 3. The van der Waals surface area contributed by atoms with E-state index in [2.05, 4.69) is 9.97 Å². The van der Waals surface area contributed by atoms with Crippen LogP contribution in [0.5, 0.6) is 17.8 Å². The molecular weight excluding hydrogens is 470 g/mol. The molecule has 0 saturated carbocycles. The van der Waals surface area contributed by atoms with E-state index in [1.807, 2.05) is 53.4 Å². The van der Waals surface area contributed by atoms with E-state index in [4.69, 9.17) is 25.8 Å². The number of carboxylic acids is 1. The topological polar surface area (TPSA) is 94.0 Å². The lowest BCUT2D eigenvalue weighted by atomic mass is 10.0. The zero-order chi connectivity index (χ0) is 24.8. The lowest BCUT2D eigenvalue weighted by Gasteiger charge is -2.33. The number of likely N-dealkylation sites (tertiary alicyclic amines) is 1. The van der Waals surface area contributed by atoms with Crippen molar-refractivity contribution in [3.8, 4) is 28.9 Å². The van der Waals surface area contributed by atoms with E-state index in [9.17, 15) is 9.90 Å². The third-order valence-corrected chi connectivity index (χ3v) is 6.52. The van der Waals surface area contributed by atoms with E-state index in [-0.39, 0.29) is 24.4 Å². The molecule has 0 radical (unpaired) electrons. The van der Waals surface area contributed by atoms with E-state index < -0.39 is 12.0 Å². The summed E-state index contributed by atoms with van der Waals surface area (Å²) in [7, 11) is 3.00. The number of piperidine rings is 1. The highest BCUT2D eigenvalue weighted by atomic mass is 35.5. The Morgan fingerprint density at radius 1 is 1.06 bits per heavy atom. The summed E-state index contributed by atoms with van der Waals surface area (Å²) in [6, 6.07) is 15.2. The number of aliphatic carboxylic acids is 1. The van der Waals surface area contributed by atoms with Crippen LogP contribution in [0.2, 0.25) is 5.02 Å². The summed E-state index contributed by atoms with van der Waals surface area (Å²) in [5.41, 5.74) is 3.30. The van der Waals surface area contributed by atoms with Crippen molar-refractivity contribution in [3.05, 3.63) is 64.7 Å². The summed E-state index contributed by atoms with van der Waals surface area (Å²) in [6.45, 7) is 1.12. The lowest BCUT2D eigenvalue weighted by Crippen LogP contribution is -2.44. The van der Waals surface area contributed by atoms with E-state index in [0.29, 0.717) is 30.1 Å². The van der Waals surface area contributed by atoms with Gasteiger partial charge < -0.3 is 19.3 Å². The molecule has 0 aliphatic carbocycles. The minimum atomic E-state index is -0.835. The molecule has 9 heteroatoms. The average Bonchev–Trinajstić information content (AvgIpc) is 2.89. The minimum Gasteiger partial charge on any atom is -0.481 e. The van der Waals surface area contributed by atoms with Gasteiger partial charge in [0, 0.05) is 17.7 Å². The largest absolute Gasteiger partial charge is 0.481 e. The molecule has 1 fully saturated rings. The molecule has 0 bridgehead atoms. The molecule has 0 amide bonds. The van der Waals surface area contributed by atoms with Crippen molar-refractivity contribution in [2.24, 2.45) is 0 Å². The molecule has 3 aromatic rings. The van der Waals surface area contributed by atoms with Gasteiger partial charge in [-0.1, -0.05) is 66.6 Å². The molecule has 2 aromatic carbocycles. The van der Waals surface area contributed by atoms with E-state index in [1.165, 1.54) is 14.2 Å². The predicted octanol–water partition coefficient (Wildman–Crippen LogP) is 4.83. The molecule has 1 aliphatic heterocycles. The van der Waals surface area contributed by atoms with Gasteiger partial charge in [0.25, 0.3) is 0 Å². The van der Waals surface area contributed by atoms with Crippen LogP contribution in [0.4, 0.5) is 0 Å². The maximum absolute atomic E-state index is 11.7. The van der Waals surface area contributed by atoms with Gasteiger partial charge in [-0.15, -0.1) is 0 Å². The van der Waals surface area contributed by atoms with Crippen molar-refractivity contribution in [2.45, 2.75) is 38.5 Å². The van der Waals surface area contributed by atoms with Crippen LogP contribution in [-0.4, -0.2) is 52.7 Å². The summed E-state index contributed by atoms with van der Waals surface area (Å²) in [5.74, 6) is -0.269. The Labute approximate surface area is 209 Å². The van der Waals surface area contributed by atoms with Gasteiger partial charge in [-0.05, 0) is 24.9 Å². The number of benzene rings is 2. The second kappa shape index (κ2) is 11.4. The maximum Gasteiger partial charge on any atom is 0.323 e. The second-order valence-corrected chi connectivity index (χ2v) is 8.63. The van der Waals surface area contributed by atoms with Gasteiger partial charge in [-0.2, -0.15) is 9.97 Å². The molecule has 184 valence electrons. The quantitative estimate of drug-likeness (QED) is 0.449. The number of ether oxygens (including phenoxy) is 3. The molecule has 35 heavy (non-hydrogen) atoms. The number of methoxy groups -OCH3 is 2. The zero-order valence-electron chi connectivity index (χ0n) is 19.7. The maximum atomic E-state index is 11.7. The van der Waals surface area contributed by atoms with Gasteiger partial charge in [0.1, 0.15) is 12.6 Å². The molecule has 4 rings (SSSR count). The Hall–Kier alpha value is -3.36. The fraction of sp³-hybridized carbons (Fsp3) is 0.346. The first-order chi connectivity index (χ1) is 17.0. The number of hydrogen-bond donors (Lipinski definition) is 1. The summed E-state index contributed by atoms with van der Waals surface area (Å²) in [4.78, 5) is 22.4. The summed E-state index contributed by atoms with van der Waals surface area (Å²) in [5, 5.41) is 10.2. The van der Waals surface area contributed by atoms with Crippen LogP contribution in [0.1, 0.15) is 30.4 Å². The van der Waals surface area contributed by atoms with Crippen molar-refractivity contribution in [1.82, 2.24) is 14.9 Å². The van der Waals surface area contributed by atoms with Crippen LogP contribution in [0.25, 0.3) is 11.1 Å². The van der Waals surface area contributed by atoms with Gasteiger partial charge in [0.2, 0.25) is 11.8 Å². The highest BCUT2D eigenvalue weighted by Gasteiger charge is 2.31. The van der Waals surface area contributed by atoms with Gasteiger partial charge >= 0.3 is 12.0 Å². The van der Waals surface area contributed by atoms with Crippen LogP contribution in [0.3, 0.4) is 0 Å². The Kier molecular flexibility index (Phi) is 8.05. The third-order valence-electron chi connectivity index (χ3n) is 6.08. The van der Waals surface area contributed by atoms with Gasteiger partial charge in [0.15, 0.2) is 0 Å². The van der Waals surface area contributed by atoms with E-state index >= 15 is 0 Å². The summed E-state index contributed by atoms with van der Waals surface area (Å²) in [6.07, 6.45) is 2.42. The number of hydrogen-bond acceptors (Lipinski definition) is 7. The smallest absolute Gasteiger partial charge is 0.323 e. The molecule has 2 heterocycles. The first-order valence-electron chi connectivity index (χ1n) is 11.4. The van der Waals surface area contributed by atoms with Gasteiger partial charge in [0.05, 0.1) is 24.8 Å². The fourth-order valence-electron chi connectivity index (χ4n) is 4.30. The number of carbonyl (C=O) groups is 1. The van der Waals surface area contributed by atoms with Gasteiger partial charge in [-0.3, -0.25) is 9.69 Å². The van der Waals surface area contributed by atoms with Crippen molar-refractivity contribution in [2.75, 3.05) is 20.8 Å². The Morgan fingerprint density at radius 2 is 1.77 bits per heavy atom. The van der Waals surface area contributed by atoms with Crippen LogP contribution in [0.15, 0.2) is 48.5 Å². The molecule has 1 aromatic heterocycles. The number of carboxylic acid groups (broad SMARTS) is 1. The van der Waals surface area contributed by atoms with Crippen molar-refractivity contribution in [1.29, 1.82) is 0 Å². The number of rotatable bonds is 9. The minimum absolute atomic E-state index is 0.0806. The van der Waals surface area contributed by atoms with Crippen molar-refractivity contribution in [3.63, 3.8) is 0 Å². The Balaban J connectivity index is 1.55. The molecular formula is C26H28ClN3O5. The van der Waals surface area contributed by atoms with Crippen LogP contribution in [0, 0.1) is 0 Å². The monoisotopic (exact) mass is 497 g/mol. The first-order valence-corrected chi connectivity index (χ1v) is 11.8. The average molecular weight is 498 g/mol. The fourth-order valence-corrected chi connectivity index (χ4v) is 4.59. The van der Waals surface area contributed by atoms with Gasteiger partial charge in [-0.25, -0.2) is 0 Å². The van der Waals surface area contributed by atoms with Crippen LogP contribution in [-0.2, 0) is 17.9 Å². The third kappa shape index (κ3) is 5.66. The summed E-state index contributed by atoms with van der Waals surface area (Å²) >= 11 is 6.68. The van der Waals surface area contributed by atoms with Crippen molar-refractivity contribution < 1.29 is 24.1 Å². The highest BCUT2D eigenvalue weighted by molar-refractivity contribution is 6.34. The van der Waals surface area contributed by atoms with Crippen molar-refractivity contribution >= 4 is 17.6 Å². The standard InChI is InChI=1S/C26H28ClN3O5/c1-33-23-20(15-30-14-7-6-13-21(30)25(31)32)24(34-2)29-26(28-23)35-16-18-11-8-12-19(22(18)27)17-9-4-3-5-10-17/h3-5,8-12,21H,6-7,13-16H2,1-2H3,(H,31,32). The molecule has 8 nitrogen and oxygen atoms in total. The predicted molar refractivity (Wildman–Crippen MR) is 132 cm³/mol. The molecule has 1 unspecified atom stereocenters. The van der Waals surface area contributed by atoms with E-state index in [0.717, 1.165) is 29.5 Å². The lowest BCUT2D eigenvalue weighted by molar-refractivity contribution is -0.144. The number of aromatic nitrogens is 2. The van der Waals surface area contributed by atoms with E-state index in [1.54, 1.807) is 0 Å².